The van der Waals surface area contributed by atoms with Crippen LogP contribution in [-0.4, -0.2) is 10.8 Å². The van der Waals surface area contributed by atoms with Gasteiger partial charge in [0.25, 0.3) is 11.6 Å². The summed E-state index contributed by atoms with van der Waals surface area (Å²) in [6.45, 7) is 2.39. The van der Waals surface area contributed by atoms with Crippen molar-refractivity contribution >= 4 is 55.2 Å². The molecule has 0 atom stereocenters. The van der Waals surface area contributed by atoms with E-state index in [1.54, 1.807) is 12.1 Å². The second-order valence-corrected chi connectivity index (χ2v) is 8.73. The van der Waals surface area contributed by atoms with Crippen molar-refractivity contribution in [2.75, 3.05) is 5.32 Å². The fraction of sp³-hybridized carbons (Fsp3) is 0.0833. The van der Waals surface area contributed by atoms with Crippen LogP contribution in [0.15, 0.2) is 75.2 Å². The molecule has 0 heterocycles. The van der Waals surface area contributed by atoms with Crippen LogP contribution in [0.5, 0.6) is 5.75 Å². The summed E-state index contributed by atoms with van der Waals surface area (Å²) in [6, 6.07) is 18.8. The lowest BCUT2D eigenvalue weighted by Gasteiger charge is -2.12. The molecule has 9 heteroatoms. The molecule has 0 aliphatic carbocycles. The molecule has 1 N–H and O–H groups in total. The molecule has 0 radical (unpaired) electrons. The summed E-state index contributed by atoms with van der Waals surface area (Å²) < 4.78 is 7.23. The molecule has 0 fully saturated rings. The number of hydrogen-bond donors (Lipinski definition) is 1. The Morgan fingerprint density at radius 3 is 2.48 bits per heavy atom. The van der Waals surface area contributed by atoms with Gasteiger partial charge >= 0.3 is 0 Å². The van der Waals surface area contributed by atoms with E-state index in [0.717, 1.165) is 11.1 Å². The first-order chi connectivity index (χ1) is 15.8. The van der Waals surface area contributed by atoms with E-state index >= 15 is 0 Å². The van der Waals surface area contributed by atoms with E-state index in [9.17, 15) is 20.2 Å². The van der Waals surface area contributed by atoms with Crippen molar-refractivity contribution < 1.29 is 14.5 Å². The third-order valence-electron chi connectivity index (χ3n) is 4.48. The fourth-order valence-corrected chi connectivity index (χ4v) is 4.42. The number of amides is 1. The molecule has 166 valence electrons. The van der Waals surface area contributed by atoms with Gasteiger partial charge in [0.1, 0.15) is 24.0 Å². The van der Waals surface area contributed by atoms with Crippen LogP contribution in [0.4, 0.5) is 11.4 Å². The number of aryl methyl sites for hydroxylation is 1. The third kappa shape index (κ3) is 6.51. The quantitative estimate of drug-likeness (QED) is 0.150. The van der Waals surface area contributed by atoms with Gasteiger partial charge in [-0.15, -0.1) is 0 Å². The number of rotatable bonds is 7. The Morgan fingerprint density at radius 2 is 1.85 bits per heavy atom. The van der Waals surface area contributed by atoms with Gasteiger partial charge in [0.15, 0.2) is 0 Å². The van der Waals surface area contributed by atoms with Crippen LogP contribution in [0.25, 0.3) is 6.08 Å². The highest BCUT2D eigenvalue weighted by Gasteiger charge is 2.14. The maximum Gasteiger partial charge on any atom is 0.271 e. The Bertz CT molecular complexity index is 1280. The first kappa shape index (κ1) is 24.2. The van der Waals surface area contributed by atoms with Crippen LogP contribution in [0.2, 0.25) is 0 Å². The van der Waals surface area contributed by atoms with Crippen molar-refractivity contribution in [3.05, 3.63) is 102 Å². The predicted octanol–water partition coefficient (Wildman–Crippen LogP) is 6.55. The zero-order valence-corrected chi connectivity index (χ0v) is 20.5. The number of hydrogen-bond acceptors (Lipinski definition) is 5. The number of halogens is 2. The summed E-state index contributed by atoms with van der Waals surface area (Å²) in [5.41, 5.74) is 2.66. The molecule has 7 nitrogen and oxygen atoms in total. The predicted molar refractivity (Wildman–Crippen MR) is 133 cm³/mol. The van der Waals surface area contributed by atoms with E-state index in [1.165, 1.54) is 30.3 Å². The second-order valence-electron chi connectivity index (χ2n) is 7.02. The number of nitriles is 1. The van der Waals surface area contributed by atoms with Gasteiger partial charge in [-0.05, 0) is 74.2 Å². The lowest BCUT2D eigenvalue weighted by atomic mass is 10.1. The molecule has 0 bridgehead atoms. The van der Waals surface area contributed by atoms with Crippen LogP contribution in [-0.2, 0) is 11.4 Å². The maximum atomic E-state index is 12.5. The van der Waals surface area contributed by atoms with E-state index in [0.29, 0.717) is 26.9 Å². The number of anilines is 1. The Balaban J connectivity index is 1.78. The van der Waals surface area contributed by atoms with Crippen molar-refractivity contribution in [3.63, 3.8) is 0 Å². The molecule has 3 aromatic carbocycles. The number of nitro groups is 1. The van der Waals surface area contributed by atoms with Gasteiger partial charge in [0.2, 0.25) is 0 Å². The van der Waals surface area contributed by atoms with E-state index in [2.05, 4.69) is 37.2 Å². The van der Waals surface area contributed by atoms with Gasteiger partial charge in [-0.2, -0.15) is 5.26 Å². The van der Waals surface area contributed by atoms with Gasteiger partial charge in [-0.25, -0.2) is 0 Å². The first-order valence-electron chi connectivity index (χ1n) is 9.62. The molecule has 0 aliphatic rings. The van der Waals surface area contributed by atoms with Crippen molar-refractivity contribution in [1.82, 2.24) is 0 Å². The standard InChI is InChI=1S/C24H17Br2N3O4/c1-15-4-2-5-16(8-15)14-33-23-21(25)10-17(11-22(23)26)9-18(13-27)24(30)28-19-6-3-7-20(12-19)29(31)32/h2-12H,14H2,1H3,(H,28,30)/b18-9+. The molecule has 0 aliphatic heterocycles. The Labute approximate surface area is 207 Å². The van der Waals surface area contributed by atoms with E-state index in [1.807, 2.05) is 37.3 Å². The first-order valence-corrected chi connectivity index (χ1v) is 11.2. The summed E-state index contributed by atoms with van der Waals surface area (Å²) in [6.07, 6.45) is 1.42. The maximum absolute atomic E-state index is 12.5. The van der Waals surface area contributed by atoms with Gasteiger partial charge < -0.3 is 10.1 Å². The molecule has 0 spiro atoms. The molecule has 0 saturated heterocycles. The average Bonchev–Trinajstić information content (AvgIpc) is 2.77. The number of benzene rings is 3. The van der Waals surface area contributed by atoms with Gasteiger partial charge in [0.05, 0.1) is 13.9 Å². The molecular weight excluding hydrogens is 554 g/mol. The number of nitrogens with one attached hydrogen (secondary N) is 1. The lowest BCUT2D eigenvalue weighted by molar-refractivity contribution is -0.384. The molecule has 0 unspecified atom stereocenters. The molecular formula is C24H17Br2N3O4. The Morgan fingerprint density at radius 1 is 1.15 bits per heavy atom. The van der Waals surface area contributed by atoms with Crippen molar-refractivity contribution in [2.24, 2.45) is 0 Å². The van der Waals surface area contributed by atoms with E-state index < -0.39 is 10.8 Å². The minimum atomic E-state index is -0.676. The largest absolute Gasteiger partial charge is 0.487 e. The Hall–Kier alpha value is -3.48. The fourth-order valence-electron chi connectivity index (χ4n) is 2.97. The van der Waals surface area contributed by atoms with Crippen molar-refractivity contribution in [2.45, 2.75) is 13.5 Å². The number of ether oxygens (including phenoxy) is 1. The minimum Gasteiger partial charge on any atom is -0.487 e. The van der Waals surface area contributed by atoms with Crippen LogP contribution >= 0.6 is 31.9 Å². The highest BCUT2D eigenvalue weighted by atomic mass is 79.9. The summed E-state index contributed by atoms with van der Waals surface area (Å²) >= 11 is 6.96. The molecule has 33 heavy (non-hydrogen) atoms. The van der Waals surface area contributed by atoms with Crippen LogP contribution in [0, 0.1) is 28.4 Å². The van der Waals surface area contributed by atoms with E-state index in [-0.39, 0.29) is 16.9 Å². The second kappa shape index (κ2) is 10.9. The van der Waals surface area contributed by atoms with Crippen LogP contribution < -0.4 is 10.1 Å². The number of non-ortho nitro benzene ring substituents is 1. The summed E-state index contributed by atoms with van der Waals surface area (Å²) in [4.78, 5) is 22.9. The molecule has 3 aromatic rings. The van der Waals surface area contributed by atoms with Gasteiger partial charge in [-0.1, -0.05) is 35.9 Å². The zero-order chi connectivity index (χ0) is 24.0. The summed E-state index contributed by atoms with van der Waals surface area (Å²) in [5.74, 6) is -0.0850. The summed E-state index contributed by atoms with van der Waals surface area (Å²) in [5, 5.41) is 22.9. The zero-order valence-electron chi connectivity index (χ0n) is 17.3. The van der Waals surface area contributed by atoms with Gasteiger partial charge in [0, 0.05) is 17.8 Å². The highest BCUT2D eigenvalue weighted by molar-refractivity contribution is 9.11. The normalized spacial score (nSPS) is 10.9. The molecule has 1 amide bonds. The highest BCUT2D eigenvalue weighted by Crippen LogP contribution is 2.36. The number of nitro benzene ring substituents is 1. The number of nitrogens with zero attached hydrogens (tertiary/aromatic N) is 2. The van der Waals surface area contributed by atoms with Gasteiger partial charge in [-0.3, -0.25) is 14.9 Å². The topological polar surface area (TPSA) is 105 Å². The molecule has 0 saturated carbocycles. The van der Waals surface area contributed by atoms with Crippen molar-refractivity contribution in [3.8, 4) is 11.8 Å². The smallest absolute Gasteiger partial charge is 0.271 e. The SMILES string of the molecule is Cc1cccc(COc2c(Br)cc(/C=C(\C#N)C(=O)Nc3cccc([N+](=O)[O-])c3)cc2Br)c1. The minimum absolute atomic E-state index is 0.159. The van der Waals surface area contributed by atoms with Crippen molar-refractivity contribution in [1.29, 1.82) is 5.26 Å². The number of carbonyl (C=O) groups is 1. The lowest BCUT2D eigenvalue weighted by Crippen LogP contribution is -2.13. The average molecular weight is 571 g/mol. The molecule has 3 rings (SSSR count). The van der Waals surface area contributed by atoms with Crippen LogP contribution in [0.3, 0.4) is 0 Å². The molecule has 0 aromatic heterocycles. The third-order valence-corrected chi connectivity index (χ3v) is 5.66. The monoisotopic (exact) mass is 569 g/mol. The van der Waals surface area contributed by atoms with E-state index in [4.69, 9.17) is 4.74 Å². The Kier molecular flexibility index (Phi) is 7.98. The summed E-state index contributed by atoms with van der Waals surface area (Å²) in [7, 11) is 0. The van der Waals surface area contributed by atoms with Crippen LogP contribution in [0.1, 0.15) is 16.7 Å². The number of carbonyl (C=O) groups excluding carboxylic acids is 1.